The molecule has 1 unspecified atom stereocenters. The van der Waals surface area contributed by atoms with E-state index in [1.807, 2.05) is 0 Å². The number of ether oxygens (including phenoxy) is 1. The number of hydrogen-bond acceptors (Lipinski definition) is 3. The van der Waals surface area contributed by atoms with Crippen LogP contribution in [0.2, 0.25) is 10.0 Å². The lowest BCUT2D eigenvalue weighted by molar-refractivity contribution is -0.139. The Kier molecular flexibility index (Phi) is 5.71. The van der Waals surface area contributed by atoms with Gasteiger partial charge in [0, 0.05) is 19.2 Å². The molecule has 0 bridgehead atoms. The van der Waals surface area contributed by atoms with Crippen molar-refractivity contribution < 1.29 is 14.6 Å². The summed E-state index contributed by atoms with van der Waals surface area (Å²) in [5.74, 6) is -1.01. The van der Waals surface area contributed by atoms with E-state index in [-0.39, 0.29) is 5.02 Å². The molecule has 0 saturated carbocycles. The fourth-order valence-corrected chi connectivity index (χ4v) is 1.80. The third-order valence-electron chi connectivity index (χ3n) is 2.19. The van der Waals surface area contributed by atoms with Gasteiger partial charge >= 0.3 is 5.97 Å². The lowest BCUT2D eigenvalue weighted by Crippen LogP contribution is -2.31. The molecule has 0 aliphatic heterocycles. The highest BCUT2D eigenvalue weighted by Gasteiger charge is 2.22. The highest BCUT2D eigenvalue weighted by atomic mass is 35.5. The van der Waals surface area contributed by atoms with Crippen molar-refractivity contribution in [2.45, 2.75) is 6.04 Å². The second-order valence-electron chi connectivity index (χ2n) is 3.36. The quantitative estimate of drug-likeness (QED) is 0.784. The van der Waals surface area contributed by atoms with Crippen molar-refractivity contribution in [3.63, 3.8) is 0 Å². The smallest absolute Gasteiger partial charge is 0.325 e. The Morgan fingerprint density at radius 2 is 2.24 bits per heavy atom. The standard InChI is InChI=1S/C11H13Cl2NO3/c1-17-6-5-14-10(11(15)16)7-3-2-4-8(12)9(7)13/h2-4,10,14H,5-6H2,1H3,(H,15,16). The Balaban J connectivity index is 2.90. The van der Waals surface area contributed by atoms with Gasteiger partial charge in [-0.1, -0.05) is 35.3 Å². The van der Waals surface area contributed by atoms with Gasteiger partial charge in [-0.2, -0.15) is 0 Å². The minimum absolute atomic E-state index is 0.256. The number of rotatable bonds is 6. The first-order valence-electron chi connectivity index (χ1n) is 4.97. The van der Waals surface area contributed by atoms with Crippen LogP contribution in [0.1, 0.15) is 11.6 Å². The molecule has 0 aromatic heterocycles. The van der Waals surface area contributed by atoms with E-state index < -0.39 is 12.0 Å². The number of carboxylic acid groups (broad SMARTS) is 1. The van der Waals surface area contributed by atoms with E-state index in [0.717, 1.165) is 0 Å². The van der Waals surface area contributed by atoms with Crippen molar-refractivity contribution in [3.8, 4) is 0 Å². The van der Waals surface area contributed by atoms with E-state index in [4.69, 9.17) is 33.0 Å². The number of hydrogen-bond donors (Lipinski definition) is 2. The van der Waals surface area contributed by atoms with Gasteiger partial charge in [0.25, 0.3) is 0 Å². The van der Waals surface area contributed by atoms with E-state index in [2.05, 4.69) is 5.32 Å². The summed E-state index contributed by atoms with van der Waals surface area (Å²) in [7, 11) is 1.55. The summed E-state index contributed by atoms with van der Waals surface area (Å²) in [6.45, 7) is 0.832. The lowest BCUT2D eigenvalue weighted by atomic mass is 10.1. The maximum Gasteiger partial charge on any atom is 0.325 e. The van der Waals surface area contributed by atoms with Gasteiger partial charge in [-0.15, -0.1) is 0 Å². The molecule has 2 N–H and O–H groups in total. The summed E-state index contributed by atoms with van der Waals surface area (Å²) in [6, 6.07) is 4.02. The molecule has 1 aromatic carbocycles. The number of methoxy groups -OCH3 is 1. The first kappa shape index (κ1) is 14.3. The molecule has 0 saturated heterocycles. The Bertz CT molecular complexity index is 398. The van der Waals surface area contributed by atoms with Gasteiger partial charge in [-0.3, -0.25) is 10.1 Å². The first-order chi connectivity index (χ1) is 8.07. The molecule has 0 fully saturated rings. The van der Waals surface area contributed by atoms with Crippen LogP contribution in [0.5, 0.6) is 0 Å². The number of carbonyl (C=O) groups is 1. The molecule has 0 amide bonds. The second kappa shape index (κ2) is 6.81. The fraction of sp³-hybridized carbons (Fsp3) is 0.364. The van der Waals surface area contributed by atoms with Gasteiger partial charge in [0.15, 0.2) is 0 Å². The molecule has 0 radical (unpaired) electrons. The zero-order chi connectivity index (χ0) is 12.8. The van der Waals surface area contributed by atoms with Gasteiger partial charge in [0.05, 0.1) is 16.7 Å². The van der Waals surface area contributed by atoms with Crippen LogP contribution in [-0.2, 0) is 9.53 Å². The van der Waals surface area contributed by atoms with E-state index in [9.17, 15) is 4.79 Å². The van der Waals surface area contributed by atoms with Crippen LogP contribution < -0.4 is 5.32 Å². The number of nitrogens with one attached hydrogen (secondary N) is 1. The van der Waals surface area contributed by atoms with Crippen LogP contribution in [-0.4, -0.2) is 31.3 Å². The third-order valence-corrected chi connectivity index (χ3v) is 3.03. The maximum atomic E-state index is 11.2. The van der Waals surface area contributed by atoms with Crippen molar-refractivity contribution in [2.24, 2.45) is 0 Å². The van der Waals surface area contributed by atoms with Crippen molar-refractivity contribution in [1.82, 2.24) is 5.32 Å². The Morgan fingerprint density at radius 3 is 2.82 bits per heavy atom. The topological polar surface area (TPSA) is 58.6 Å². The monoisotopic (exact) mass is 277 g/mol. The van der Waals surface area contributed by atoms with Gasteiger partial charge in [0.1, 0.15) is 6.04 Å². The highest BCUT2D eigenvalue weighted by molar-refractivity contribution is 6.42. The normalized spacial score (nSPS) is 12.4. The minimum atomic E-state index is -1.01. The number of carboxylic acids is 1. The number of benzene rings is 1. The summed E-state index contributed by atoms with van der Waals surface area (Å²) >= 11 is 11.8. The molecule has 0 heterocycles. The lowest BCUT2D eigenvalue weighted by Gasteiger charge is -2.16. The minimum Gasteiger partial charge on any atom is -0.480 e. The zero-order valence-corrected chi connectivity index (χ0v) is 10.8. The van der Waals surface area contributed by atoms with Crippen molar-refractivity contribution in [1.29, 1.82) is 0 Å². The summed E-state index contributed by atoms with van der Waals surface area (Å²) in [5.41, 5.74) is 0.447. The van der Waals surface area contributed by atoms with Gasteiger partial charge in [-0.05, 0) is 6.07 Å². The molecule has 0 aliphatic rings. The predicted molar refractivity (Wildman–Crippen MR) is 66.7 cm³/mol. The number of aliphatic carboxylic acids is 1. The molecule has 1 rings (SSSR count). The van der Waals surface area contributed by atoms with Crippen LogP contribution in [0.4, 0.5) is 0 Å². The molecular formula is C11H13Cl2NO3. The molecule has 17 heavy (non-hydrogen) atoms. The SMILES string of the molecule is COCCNC(C(=O)O)c1cccc(Cl)c1Cl. The number of halogens is 2. The molecule has 1 atom stereocenters. The fourth-order valence-electron chi connectivity index (χ4n) is 1.38. The van der Waals surface area contributed by atoms with Gasteiger partial charge < -0.3 is 9.84 Å². The van der Waals surface area contributed by atoms with Crippen LogP contribution in [0.25, 0.3) is 0 Å². The van der Waals surface area contributed by atoms with Crippen LogP contribution >= 0.6 is 23.2 Å². The highest BCUT2D eigenvalue weighted by Crippen LogP contribution is 2.29. The van der Waals surface area contributed by atoms with Crippen LogP contribution in [0, 0.1) is 0 Å². The molecule has 0 spiro atoms. The summed E-state index contributed by atoms with van der Waals surface area (Å²) in [6.07, 6.45) is 0. The van der Waals surface area contributed by atoms with Crippen molar-refractivity contribution in [2.75, 3.05) is 20.3 Å². The van der Waals surface area contributed by atoms with Crippen molar-refractivity contribution in [3.05, 3.63) is 33.8 Å². The van der Waals surface area contributed by atoms with Gasteiger partial charge in [0.2, 0.25) is 0 Å². The zero-order valence-electron chi connectivity index (χ0n) is 9.24. The van der Waals surface area contributed by atoms with E-state index in [1.165, 1.54) is 0 Å². The van der Waals surface area contributed by atoms with E-state index >= 15 is 0 Å². The Morgan fingerprint density at radius 1 is 1.53 bits per heavy atom. The Labute approximate surface area is 109 Å². The van der Waals surface area contributed by atoms with E-state index in [1.54, 1.807) is 25.3 Å². The molecule has 0 aliphatic carbocycles. The van der Waals surface area contributed by atoms with Crippen molar-refractivity contribution >= 4 is 29.2 Å². The molecule has 4 nitrogen and oxygen atoms in total. The van der Waals surface area contributed by atoms with Gasteiger partial charge in [-0.25, -0.2) is 0 Å². The largest absolute Gasteiger partial charge is 0.480 e. The summed E-state index contributed by atoms with van der Waals surface area (Å²) < 4.78 is 4.85. The van der Waals surface area contributed by atoms with Crippen LogP contribution in [0.15, 0.2) is 18.2 Å². The molecule has 94 valence electrons. The summed E-state index contributed by atoms with van der Waals surface area (Å²) in [5, 5.41) is 12.6. The molecular weight excluding hydrogens is 265 g/mol. The van der Waals surface area contributed by atoms with Crippen LogP contribution in [0.3, 0.4) is 0 Å². The second-order valence-corrected chi connectivity index (χ2v) is 4.15. The average molecular weight is 278 g/mol. The molecule has 6 heteroatoms. The Hall–Kier alpha value is -0.810. The third kappa shape index (κ3) is 3.85. The van der Waals surface area contributed by atoms with E-state index in [0.29, 0.717) is 23.7 Å². The molecule has 1 aromatic rings. The summed E-state index contributed by atoms with van der Waals surface area (Å²) in [4.78, 5) is 11.2. The predicted octanol–water partition coefficient (Wildman–Crippen LogP) is 2.36. The first-order valence-corrected chi connectivity index (χ1v) is 5.72. The maximum absolute atomic E-state index is 11.2. The average Bonchev–Trinajstić information content (AvgIpc) is 2.29.